The van der Waals surface area contributed by atoms with Crippen LogP contribution in [-0.2, 0) is 26.2 Å². The number of likely N-dealkylation sites (N-methyl/N-ethyl adjacent to an activating group) is 1. The van der Waals surface area contributed by atoms with Gasteiger partial charge in [0.1, 0.15) is 24.2 Å². The lowest BCUT2D eigenvalue weighted by Gasteiger charge is -2.32. The van der Waals surface area contributed by atoms with E-state index in [1.807, 2.05) is 0 Å². The second-order valence-corrected chi connectivity index (χ2v) is 10.1. The highest BCUT2D eigenvalue weighted by molar-refractivity contribution is 7.92. The van der Waals surface area contributed by atoms with Crippen LogP contribution in [0.25, 0.3) is 0 Å². The summed E-state index contributed by atoms with van der Waals surface area (Å²) in [6.45, 7) is 3.19. The average Bonchev–Trinajstić information content (AvgIpc) is 2.91. The molecule has 0 heterocycles. The summed E-state index contributed by atoms with van der Waals surface area (Å²) in [7, 11) is -2.65. The van der Waals surface area contributed by atoms with Gasteiger partial charge in [0.05, 0.1) is 17.7 Å². The maximum atomic E-state index is 13.7. The molecule has 37 heavy (non-hydrogen) atoms. The maximum Gasteiger partial charge on any atom is 0.264 e. The highest BCUT2D eigenvalue weighted by Gasteiger charge is 2.32. The van der Waals surface area contributed by atoms with Crippen LogP contribution >= 0.6 is 0 Å². The summed E-state index contributed by atoms with van der Waals surface area (Å²) < 4.78 is 46.9. The highest BCUT2D eigenvalue weighted by Crippen LogP contribution is 2.25. The molecule has 0 aliphatic heterocycles. The molecular formula is C27H30FN3O5S. The Morgan fingerprint density at radius 1 is 0.973 bits per heavy atom. The van der Waals surface area contributed by atoms with Crippen LogP contribution in [0.1, 0.15) is 19.4 Å². The number of halogens is 1. The van der Waals surface area contributed by atoms with Crippen molar-refractivity contribution in [3.05, 3.63) is 90.2 Å². The summed E-state index contributed by atoms with van der Waals surface area (Å²) in [5, 5.41) is 2.71. The zero-order valence-electron chi connectivity index (χ0n) is 20.9. The number of carbonyl (C=O) groups excluding carboxylic acids is 2. The van der Waals surface area contributed by atoms with Crippen molar-refractivity contribution in [2.24, 2.45) is 0 Å². The minimum Gasteiger partial charge on any atom is -0.497 e. The number of carbonyl (C=O) groups is 2. The Kier molecular flexibility index (Phi) is 9.24. The molecule has 3 aromatic carbocycles. The van der Waals surface area contributed by atoms with Crippen LogP contribution in [0.3, 0.4) is 0 Å². The smallest absolute Gasteiger partial charge is 0.264 e. The molecule has 1 atom stereocenters. The van der Waals surface area contributed by atoms with E-state index in [1.54, 1.807) is 63.4 Å². The Hall–Kier alpha value is -3.92. The number of ether oxygens (including phenoxy) is 1. The normalized spacial score (nSPS) is 11.9. The first-order chi connectivity index (χ1) is 17.7. The zero-order chi connectivity index (χ0) is 27.0. The van der Waals surface area contributed by atoms with Crippen LogP contribution in [0, 0.1) is 5.82 Å². The molecule has 0 unspecified atom stereocenters. The van der Waals surface area contributed by atoms with Crippen molar-refractivity contribution in [3.63, 3.8) is 0 Å². The number of nitrogens with one attached hydrogen (secondary N) is 1. The third-order valence-corrected chi connectivity index (χ3v) is 7.54. The summed E-state index contributed by atoms with van der Waals surface area (Å²) in [5.74, 6) is -0.880. The van der Waals surface area contributed by atoms with Crippen molar-refractivity contribution in [1.29, 1.82) is 0 Å². The second kappa shape index (κ2) is 12.4. The Bertz CT molecular complexity index is 1300. The largest absolute Gasteiger partial charge is 0.497 e. The second-order valence-electron chi connectivity index (χ2n) is 8.24. The Balaban J connectivity index is 1.99. The lowest BCUT2D eigenvalue weighted by molar-refractivity contribution is -0.139. The first-order valence-electron chi connectivity index (χ1n) is 11.7. The van der Waals surface area contributed by atoms with E-state index in [2.05, 4.69) is 5.32 Å². The monoisotopic (exact) mass is 527 g/mol. The molecule has 0 aliphatic rings. The van der Waals surface area contributed by atoms with E-state index in [0.29, 0.717) is 12.3 Å². The molecule has 1 N–H and O–H groups in total. The molecule has 10 heteroatoms. The predicted octanol–water partition coefficient (Wildman–Crippen LogP) is 3.58. The van der Waals surface area contributed by atoms with E-state index in [0.717, 1.165) is 22.0 Å². The third kappa shape index (κ3) is 6.85. The predicted molar refractivity (Wildman–Crippen MR) is 139 cm³/mol. The number of benzene rings is 3. The van der Waals surface area contributed by atoms with E-state index < -0.39 is 34.3 Å². The number of hydrogen-bond acceptors (Lipinski definition) is 5. The van der Waals surface area contributed by atoms with Gasteiger partial charge in [-0.05, 0) is 67.9 Å². The molecule has 2 amide bonds. The SMILES string of the molecule is CCNC(=O)[C@H](C)N(Cc1ccc(OC)cc1)C(=O)CN(c1ccc(F)cc1)S(=O)(=O)c1ccccc1. The van der Waals surface area contributed by atoms with Crippen molar-refractivity contribution in [3.8, 4) is 5.75 Å². The van der Waals surface area contributed by atoms with Gasteiger partial charge in [-0.15, -0.1) is 0 Å². The van der Waals surface area contributed by atoms with Crippen LogP contribution in [0.4, 0.5) is 10.1 Å². The number of methoxy groups -OCH3 is 1. The van der Waals surface area contributed by atoms with Crippen LogP contribution < -0.4 is 14.4 Å². The number of anilines is 1. The van der Waals surface area contributed by atoms with Crippen LogP contribution in [0.15, 0.2) is 83.8 Å². The number of sulfonamides is 1. The van der Waals surface area contributed by atoms with Crippen molar-refractivity contribution < 1.29 is 27.1 Å². The van der Waals surface area contributed by atoms with Gasteiger partial charge in [-0.3, -0.25) is 13.9 Å². The van der Waals surface area contributed by atoms with Gasteiger partial charge < -0.3 is 15.0 Å². The third-order valence-electron chi connectivity index (χ3n) is 5.75. The van der Waals surface area contributed by atoms with Crippen LogP contribution in [-0.4, -0.2) is 51.4 Å². The van der Waals surface area contributed by atoms with E-state index >= 15 is 0 Å². The Morgan fingerprint density at radius 3 is 2.16 bits per heavy atom. The van der Waals surface area contributed by atoms with Crippen molar-refractivity contribution >= 4 is 27.5 Å². The van der Waals surface area contributed by atoms with Gasteiger partial charge in [0, 0.05) is 13.1 Å². The lowest BCUT2D eigenvalue weighted by Crippen LogP contribution is -2.51. The molecule has 0 aromatic heterocycles. The van der Waals surface area contributed by atoms with Crippen molar-refractivity contribution in [2.45, 2.75) is 31.3 Å². The molecule has 0 fully saturated rings. The number of amides is 2. The topological polar surface area (TPSA) is 96.0 Å². The summed E-state index contributed by atoms with van der Waals surface area (Å²) >= 11 is 0. The quantitative estimate of drug-likeness (QED) is 0.411. The number of hydrogen-bond donors (Lipinski definition) is 1. The van der Waals surface area contributed by atoms with E-state index in [4.69, 9.17) is 4.74 Å². The summed E-state index contributed by atoms with van der Waals surface area (Å²) in [6.07, 6.45) is 0. The van der Waals surface area contributed by atoms with Gasteiger partial charge in [0.2, 0.25) is 11.8 Å². The summed E-state index contributed by atoms with van der Waals surface area (Å²) in [5.41, 5.74) is 0.846. The molecule has 8 nitrogen and oxygen atoms in total. The fourth-order valence-corrected chi connectivity index (χ4v) is 5.12. The molecule has 0 spiro atoms. The van der Waals surface area contributed by atoms with Crippen LogP contribution in [0.5, 0.6) is 5.75 Å². The number of nitrogens with zero attached hydrogens (tertiary/aromatic N) is 2. The lowest BCUT2D eigenvalue weighted by atomic mass is 10.1. The molecule has 3 rings (SSSR count). The van der Waals surface area contributed by atoms with E-state index in [-0.39, 0.29) is 23.0 Å². The van der Waals surface area contributed by atoms with Gasteiger partial charge in [-0.2, -0.15) is 0 Å². The van der Waals surface area contributed by atoms with Gasteiger partial charge >= 0.3 is 0 Å². The first kappa shape index (κ1) is 27.7. The van der Waals surface area contributed by atoms with E-state index in [9.17, 15) is 22.4 Å². The highest BCUT2D eigenvalue weighted by atomic mass is 32.2. The number of rotatable bonds is 11. The zero-order valence-corrected chi connectivity index (χ0v) is 21.7. The molecule has 0 radical (unpaired) electrons. The Morgan fingerprint density at radius 2 is 1.59 bits per heavy atom. The van der Waals surface area contributed by atoms with Crippen LogP contribution in [0.2, 0.25) is 0 Å². The molecule has 0 bridgehead atoms. The fraction of sp³-hybridized carbons (Fsp3) is 0.259. The average molecular weight is 528 g/mol. The van der Waals surface area contributed by atoms with E-state index in [1.165, 1.54) is 29.2 Å². The molecule has 196 valence electrons. The summed E-state index contributed by atoms with van der Waals surface area (Å²) in [6, 6.07) is 18.6. The molecule has 0 saturated heterocycles. The first-order valence-corrected chi connectivity index (χ1v) is 13.1. The molecular weight excluding hydrogens is 497 g/mol. The van der Waals surface area contributed by atoms with Gasteiger partial charge in [-0.25, -0.2) is 12.8 Å². The standard InChI is InChI=1S/C27H30FN3O5S/c1-4-29-27(33)20(2)30(18-21-10-16-24(36-3)17-11-21)26(32)19-31(23-14-12-22(28)13-15-23)37(34,35)25-8-6-5-7-9-25/h5-17,20H,4,18-19H2,1-3H3,(H,29,33)/t20-/m0/s1. The van der Waals surface area contributed by atoms with Crippen molar-refractivity contribution in [1.82, 2.24) is 10.2 Å². The van der Waals surface area contributed by atoms with Gasteiger partial charge in [0.25, 0.3) is 10.0 Å². The summed E-state index contributed by atoms with van der Waals surface area (Å²) in [4.78, 5) is 27.7. The molecule has 0 aliphatic carbocycles. The van der Waals surface area contributed by atoms with Crippen molar-refractivity contribution in [2.75, 3.05) is 24.5 Å². The van der Waals surface area contributed by atoms with Gasteiger partial charge in [0.15, 0.2) is 0 Å². The Labute approximate surface area is 216 Å². The fourth-order valence-electron chi connectivity index (χ4n) is 3.69. The maximum absolute atomic E-state index is 13.7. The molecule has 3 aromatic rings. The van der Waals surface area contributed by atoms with Gasteiger partial charge in [-0.1, -0.05) is 30.3 Å². The minimum atomic E-state index is -4.19. The minimum absolute atomic E-state index is 0.0226. The molecule has 0 saturated carbocycles.